The average molecular weight is 306 g/mol. The number of nitrogens with zero attached hydrogens (tertiary/aromatic N) is 2. The number of ether oxygens (including phenoxy) is 1. The van der Waals surface area contributed by atoms with Gasteiger partial charge in [-0.15, -0.1) is 11.3 Å². The summed E-state index contributed by atoms with van der Waals surface area (Å²) in [4.78, 5) is 10.2. The smallest absolute Gasteiger partial charge is 0.226 e. The van der Waals surface area contributed by atoms with Crippen molar-refractivity contribution in [1.82, 2.24) is 9.97 Å². The Bertz CT molecular complexity index is 640. The van der Waals surface area contributed by atoms with E-state index in [2.05, 4.69) is 45.9 Å². The van der Waals surface area contributed by atoms with Crippen LogP contribution in [0.1, 0.15) is 27.2 Å². The molecule has 6 heteroatoms. The second-order valence-electron chi connectivity index (χ2n) is 6.04. The number of rotatable bonds is 5. The predicted octanol–water partition coefficient (Wildman–Crippen LogP) is 3.35. The molecular formula is C15H22N4OS. The third-order valence-electron chi connectivity index (χ3n) is 4.43. The average Bonchev–Trinajstić information content (AvgIpc) is 2.91. The summed E-state index contributed by atoms with van der Waals surface area (Å²) >= 11 is 1.64. The van der Waals surface area contributed by atoms with Crippen LogP contribution in [0.4, 0.5) is 11.8 Å². The quantitative estimate of drug-likeness (QED) is 0.887. The van der Waals surface area contributed by atoms with Crippen LogP contribution in [-0.2, 0) is 4.74 Å². The van der Waals surface area contributed by atoms with E-state index < -0.39 is 0 Å². The number of fused-ring (bicyclic) bond motifs is 1. The van der Waals surface area contributed by atoms with Crippen molar-refractivity contribution in [2.75, 3.05) is 24.3 Å². The van der Waals surface area contributed by atoms with Crippen molar-refractivity contribution < 1.29 is 4.74 Å². The van der Waals surface area contributed by atoms with Crippen LogP contribution in [0.3, 0.4) is 0 Å². The number of nitrogens with one attached hydrogen (secondary N) is 2. The van der Waals surface area contributed by atoms with Crippen LogP contribution in [0.15, 0.2) is 11.4 Å². The Balaban J connectivity index is 1.88. The first-order valence-electron chi connectivity index (χ1n) is 7.34. The maximum absolute atomic E-state index is 5.52. The largest absolute Gasteiger partial charge is 0.381 e. The van der Waals surface area contributed by atoms with Crippen molar-refractivity contribution in [2.24, 2.45) is 5.41 Å². The number of hydrogen-bond acceptors (Lipinski definition) is 6. The fourth-order valence-corrected chi connectivity index (χ4v) is 3.66. The van der Waals surface area contributed by atoms with Gasteiger partial charge in [-0.05, 0) is 24.8 Å². The molecule has 5 nitrogen and oxygen atoms in total. The highest BCUT2D eigenvalue weighted by Crippen LogP contribution is 2.44. The number of anilines is 2. The van der Waals surface area contributed by atoms with Gasteiger partial charge < -0.3 is 15.4 Å². The van der Waals surface area contributed by atoms with Crippen LogP contribution >= 0.6 is 11.3 Å². The summed E-state index contributed by atoms with van der Waals surface area (Å²) in [6, 6.07) is 2.45. The van der Waals surface area contributed by atoms with Crippen LogP contribution in [0.5, 0.6) is 0 Å². The van der Waals surface area contributed by atoms with E-state index in [0.29, 0.717) is 18.1 Å². The SMILES string of the molecule is CCNc1nc(NC2CC(OC)C2(C)C)c2ccsc2n1. The monoisotopic (exact) mass is 306 g/mol. The van der Waals surface area contributed by atoms with Gasteiger partial charge in [-0.25, -0.2) is 4.98 Å². The van der Waals surface area contributed by atoms with Crippen molar-refractivity contribution >= 4 is 33.3 Å². The fraction of sp³-hybridized carbons (Fsp3) is 0.600. The van der Waals surface area contributed by atoms with E-state index >= 15 is 0 Å². The lowest BCUT2D eigenvalue weighted by Crippen LogP contribution is -2.57. The molecule has 114 valence electrons. The molecule has 1 aliphatic rings. The summed E-state index contributed by atoms with van der Waals surface area (Å²) < 4.78 is 5.52. The Morgan fingerprint density at radius 3 is 2.90 bits per heavy atom. The highest BCUT2D eigenvalue weighted by Gasteiger charge is 2.48. The Labute approximate surface area is 129 Å². The molecule has 2 N–H and O–H groups in total. The van der Waals surface area contributed by atoms with Gasteiger partial charge in [0.15, 0.2) is 0 Å². The summed E-state index contributed by atoms with van der Waals surface area (Å²) in [6.45, 7) is 7.34. The van der Waals surface area contributed by atoms with E-state index in [1.54, 1.807) is 18.4 Å². The van der Waals surface area contributed by atoms with Gasteiger partial charge in [0.1, 0.15) is 10.6 Å². The zero-order valence-corrected chi connectivity index (χ0v) is 13.8. The molecule has 2 atom stereocenters. The standard InChI is InChI=1S/C15H22N4OS/c1-5-16-14-18-12(9-6-7-21-13(9)19-14)17-10-8-11(20-4)15(10,2)3/h6-7,10-11H,5,8H2,1-4H3,(H2,16,17,18,19). The molecule has 1 fully saturated rings. The molecule has 0 radical (unpaired) electrons. The first-order chi connectivity index (χ1) is 10.1. The van der Waals surface area contributed by atoms with E-state index in [-0.39, 0.29) is 5.41 Å². The minimum absolute atomic E-state index is 0.112. The second-order valence-corrected chi connectivity index (χ2v) is 6.94. The molecule has 2 aromatic heterocycles. The molecule has 1 aliphatic carbocycles. The van der Waals surface area contributed by atoms with Crippen molar-refractivity contribution in [2.45, 2.75) is 39.3 Å². The van der Waals surface area contributed by atoms with Gasteiger partial charge in [-0.1, -0.05) is 13.8 Å². The first-order valence-corrected chi connectivity index (χ1v) is 8.22. The van der Waals surface area contributed by atoms with Crippen LogP contribution in [0, 0.1) is 5.41 Å². The van der Waals surface area contributed by atoms with Crippen molar-refractivity contribution in [3.05, 3.63) is 11.4 Å². The van der Waals surface area contributed by atoms with Crippen molar-refractivity contribution in [1.29, 1.82) is 0 Å². The third-order valence-corrected chi connectivity index (χ3v) is 5.24. The van der Waals surface area contributed by atoms with Crippen LogP contribution in [-0.4, -0.2) is 35.8 Å². The molecule has 2 aromatic rings. The lowest BCUT2D eigenvalue weighted by atomic mass is 9.64. The lowest BCUT2D eigenvalue weighted by molar-refractivity contribution is -0.0795. The molecule has 21 heavy (non-hydrogen) atoms. The zero-order chi connectivity index (χ0) is 15.0. The molecule has 0 aliphatic heterocycles. The van der Waals surface area contributed by atoms with Gasteiger partial charge in [-0.3, -0.25) is 0 Å². The second kappa shape index (κ2) is 5.42. The summed E-state index contributed by atoms with van der Waals surface area (Å²) in [5.74, 6) is 1.61. The number of methoxy groups -OCH3 is 1. The summed E-state index contributed by atoms with van der Waals surface area (Å²) in [7, 11) is 1.79. The highest BCUT2D eigenvalue weighted by atomic mass is 32.1. The molecular weight excluding hydrogens is 284 g/mol. The fourth-order valence-electron chi connectivity index (χ4n) is 2.90. The zero-order valence-electron chi connectivity index (χ0n) is 12.9. The van der Waals surface area contributed by atoms with Gasteiger partial charge in [0.25, 0.3) is 0 Å². The minimum Gasteiger partial charge on any atom is -0.381 e. The predicted molar refractivity (Wildman–Crippen MR) is 88.2 cm³/mol. The molecule has 0 saturated heterocycles. The van der Waals surface area contributed by atoms with E-state index in [1.165, 1.54) is 0 Å². The van der Waals surface area contributed by atoms with Crippen LogP contribution in [0.2, 0.25) is 0 Å². The molecule has 0 spiro atoms. The lowest BCUT2D eigenvalue weighted by Gasteiger charge is -2.51. The maximum Gasteiger partial charge on any atom is 0.226 e. The third kappa shape index (κ3) is 2.46. The normalized spacial score (nSPS) is 23.8. The molecule has 3 rings (SSSR count). The Hall–Kier alpha value is -1.40. The first kappa shape index (κ1) is 14.5. The van der Waals surface area contributed by atoms with Crippen molar-refractivity contribution in [3.8, 4) is 0 Å². The van der Waals surface area contributed by atoms with Crippen molar-refractivity contribution in [3.63, 3.8) is 0 Å². The van der Waals surface area contributed by atoms with Crippen LogP contribution in [0.25, 0.3) is 10.2 Å². The Morgan fingerprint density at radius 2 is 2.24 bits per heavy atom. The Kier molecular flexibility index (Phi) is 3.75. The molecule has 1 saturated carbocycles. The molecule has 2 heterocycles. The van der Waals surface area contributed by atoms with Gasteiger partial charge in [-0.2, -0.15) is 4.98 Å². The van der Waals surface area contributed by atoms with Crippen LogP contribution < -0.4 is 10.6 Å². The summed E-state index contributed by atoms with van der Waals surface area (Å²) in [6.07, 6.45) is 1.32. The Morgan fingerprint density at radius 1 is 1.43 bits per heavy atom. The van der Waals surface area contributed by atoms with Gasteiger partial charge in [0.05, 0.1) is 11.5 Å². The van der Waals surface area contributed by atoms with E-state index in [0.717, 1.165) is 29.0 Å². The summed E-state index contributed by atoms with van der Waals surface area (Å²) in [5.41, 5.74) is 0.112. The topological polar surface area (TPSA) is 59.1 Å². The molecule has 0 amide bonds. The maximum atomic E-state index is 5.52. The van der Waals surface area contributed by atoms with Gasteiger partial charge in [0, 0.05) is 25.1 Å². The number of thiophene rings is 1. The summed E-state index contributed by atoms with van der Waals surface area (Å²) in [5, 5.41) is 9.95. The molecule has 0 bridgehead atoms. The van der Waals surface area contributed by atoms with Gasteiger partial charge >= 0.3 is 0 Å². The minimum atomic E-state index is 0.112. The van der Waals surface area contributed by atoms with Gasteiger partial charge in [0.2, 0.25) is 5.95 Å². The van der Waals surface area contributed by atoms with E-state index in [4.69, 9.17) is 4.74 Å². The van der Waals surface area contributed by atoms with E-state index in [9.17, 15) is 0 Å². The number of aromatic nitrogens is 2. The molecule has 2 unspecified atom stereocenters. The van der Waals surface area contributed by atoms with E-state index in [1.807, 2.05) is 6.92 Å². The highest BCUT2D eigenvalue weighted by molar-refractivity contribution is 7.16. The number of hydrogen-bond donors (Lipinski definition) is 2. The molecule has 0 aromatic carbocycles.